The van der Waals surface area contributed by atoms with E-state index >= 15 is 0 Å². The van der Waals surface area contributed by atoms with Crippen LogP contribution in [0, 0.1) is 18.3 Å². The lowest BCUT2D eigenvalue weighted by molar-refractivity contribution is 0.690. The highest BCUT2D eigenvalue weighted by Crippen LogP contribution is 2.32. The number of nitriles is 1. The molecule has 3 nitrogen and oxygen atoms in total. The van der Waals surface area contributed by atoms with Crippen molar-refractivity contribution in [3.05, 3.63) is 77.0 Å². The molecule has 0 N–H and O–H groups in total. The van der Waals surface area contributed by atoms with Crippen molar-refractivity contribution >= 4 is 23.5 Å². The van der Waals surface area contributed by atoms with Gasteiger partial charge in [0, 0.05) is 10.6 Å². The summed E-state index contributed by atoms with van der Waals surface area (Å²) in [4.78, 5) is 10.6. The molecule has 0 saturated carbocycles. The fraction of sp³-hybridized carbons (Fsp3) is 0.292. The maximum atomic E-state index is 9.83. The molecule has 1 aromatic heterocycles. The standard InChI is InChI=1S/C24H25N3S2/c1-3-4-6-11-22-21(16-25)23(29-20-14-12-18(2)13-15-20)27-24(26-22)28-17-19-9-7-5-8-10-19/h5,7-10,12-15H,3-4,6,11,17H2,1-2H3. The molecular formula is C24H25N3S2. The number of hydrogen-bond donors (Lipinski definition) is 0. The largest absolute Gasteiger partial charge is 0.226 e. The summed E-state index contributed by atoms with van der Waals surface area (Å²) in [6.45, 7) is 4.26. The Morgan fingerprint density at radius 2 is 1.72 bits per heavy atom. The van der Waals surface area contributed by atoms with Crippen LogP contribution in [0.4, 0.5) is 0 Å². The second kappa shape index (κ2) is 11.0. The Morgan fingerprint density at radius 3 is 2.41 bits per heavy atom. The highest BCUT2D eigenvalue weighted by molar-refractivity contribution is 7.99. The van der Waals surface area contributed by atoms with E-state index in [1.165, 1.54) is 11.1 Å². The van der Waals surface area contributed by atoms with Gasteiger partial charge in [-0.3, -0.25) is 0 Å². The zero-order chi connectivity index (χ0) is 20.5. The topological polar surface area (TPSA) is 49.6 Å². The molecule has 0 unspecified atom stereocenters. The number of unbranched alkanes of at least 4 members (excludes halogenated alkanes) is 2. The van der Waals surface area contributed by atoms with Gasteiger partial charge in [-0.25, -0.2) is 9.97 Å². The fourth-order valence-electron chi connectivity index (χ4n) is 2.88. The van der Waals surface area contributed by atoms with Gasteiger partial charge in [0.1, 0.15) is 16.7 Å². The highest BCUT2D eigenvalue weighted by atomic mass is 32.2. The van der Waals surface area contributed by atoms with Crippen LogP contribution in [0.25, 0.3) is 0 Å². The lowest BCUT2D eigenvalue weighted by Gasteiger charge is -2.11. The Balaban J connectivity index is 1.89. The van der Waals surface area contributed by atoms with Crippen molar-refractivity contribution in [2.24, 2.45) is 0 Å². The quantitative estimate of drug-likeness (QED) is 0.165. The number of aryl methyl sites for hydroxylation is 2. The first kappa shape index (κ1) is 21.4. The van der Waals surface area contributed by atoms with Crippen LogP contribution >= 0.6 is 23.5 Å². The van der Waals surface area contributed by atoms with Gasteiger partial charge in [-0.1, -0.05) is 91.3 Å². The van der Waals surface area contributed by atoms with Crippen LogP contribution < -0.4 is 0 Å². The van der Waals surface area contributed by atoms with Gasteiger partial charge >= 0.3 is 0 Å². The van der Waals surface area contributed by atoms with E-state index < -0.39 is 0 Å². The molecule has 3 aromatic rings. The van der Waals surface area contributed by atoms with Crippen molar-refractivity contribution in [3.63, 3.8) is 0 Å². The summed E-state index contributed by atoms with van der Waals surface area (Å²) in [6, 6.07) is 21.0. The van der Waals surface area contributed by atoms with Gasteiger partial charge in [0.05, 0.1) is 5.69 Å². The molecule has 0 aliphatic heterocycles. The third-order valence-electron chi connectivity index (χ3n) is 4.51. The van der Waals surface area contributed by atoms with Crippen LogP contribution in [-0.4, -0.2) is 9.97 Å². The first-order valence-corrected chi connectivity index (χ1v) is 11.7. The smallest absolute Gasteiger partial charge is 0.189 e. The van der Waals surface area contributed by atoms with E-state index in [0.29, 0.717) is 5.56 Å². The molecule has 0 atom stereocenters. The average Bonchev–Trinajstić information content (AvgIpc) is 2.75. The molecule has 0 amide bonds. The molecule has 2 aromatic carbocycles. The van der Waals surface area contributed by atoms with Gasteiger partial charge in [-0.15, -0.1) is 0 Å². The second-order valence-electron chi connectivity index (χ2n) is 6.89. The van der Waals surface area contributed by atoms with Crippen LogP contribution in [0.3, 0.4) is 0 Å². The Kier molecular flexibility index (Phi) is 8.15. The molecule has 29 heavy (non-hydrogen) atoms. The van der Waals surface area contributed by atoms with Crippen LogP contribution in [0.15, 0.2) is 69.7 Å². The molecule has 0 radical (unpaired) electrons. The van der Waals surface area contributed by atoms with Crippen molar-refractivity contribution in [2.75, 3.05) is 0 Å². The van der Waals surface area contributed by atoms with E-state index in [9.17, 15) is 5.26 Å². The predicted octanol–water partition coefficient (Wildman–Crippen LogP) is 6.83. The number of thioether (sulfide) groups is 1. The highest BCUT2D eigenvalue weighted by Gasteiger charge is 2.16. The SMILES string of the molecule is CCCCCc1nc(SCc2ccccc2)nc(Sc2ccc(C)cc2)c1C#N. The van der Waals surface area contributed by atoms with Crippen molar-refractivity contribution in [1.82, 2.24) is 9.97 Å². The minimum Gasteiger partial charge on any atom is -0.226 e. The van der Waals surface area contributed by atoms with Gasteiger partial charge in [-0.2, -0.15) is 5.26 Å². The van der Waals surface area contributed by atoms with Gasteiger partial charge in [0.2, 0.25) is 0 Å². The van der Waals surface area contributed by atoms with Gasteiger partial charge in [-0.05, 0) is 37.5 Å². The summed E-state index contributed by atoms with van der Waals surface area (Å²) in [6.07, 6.45) is 4.15. The Labute approximate surface area is 182 Å². The van der Waals surface area contributed by atoms with Crippen LogP contribution in [0.5, 0.6) is 0 Å². The van der Waals surface area contributed by atoms with E-state index in [0.717, 1.165) is 52.2 Å². The molecule has 3 rings (SSSR count). The minimum atomic E-state index is 0.621. The third-order valence-corrected chi connectivity index (χ3v) is 6.42. The summed E-state index contributed by atoms with van der Waals surface area (Å²) in [5.41, 5.74) is 3.96. The van der Waals surface area contributed by atoms with E-state index in [1.807, 2.05) is 18.2 Å². The predicted molar refractivity (Wildman–Crippen MR) is 121 cm³/mol. The van der Waals surface area contributed by atoms with Crippen LogP contribution in [-0.2, 0) is 12.2 Å². The zero-order valence-corrected chi connectivity index (χ0v) is 18.5. The molecule has 0 bridgehead atoms. The molecule has 0 aliphatic carbocycles. The summed E-state index contributed by atoms with van der Waals surface area (Å²) < 4.78 is 0. The maximum Gasteiger partial charge on any atom is 0.189 e. The lowest BCUT2D eigenvalue weighted by atomic mass is 10.1. The summed E-state index contributed by atoms with van der Waals surface area (Å²) >= 11 is 3.18. The number of benzene rings is 2. The van der Waals surface area contributed by atoms with Gasteiger partial charge in [0.25, 0.3) is 0 Å². The molecule has 0 saturated heterocycles. The molecule has 148 valence electrons. The lowest BCUT2D eigenvalue weighted by Crippen LogP contribution is -2.03. The molecule has 0 spiro atoms. The summed E-state index contributed by atoms with van der Waals surface area (Å²) in [7, 11) is 0. The second-order valence-corrected chi connectivity index (χ2v) is 8.90. The van der Waals surface area contributed by atoms with Crippen LogP contribution in [0.2, 0.25) is 0 Å². The van der Waals surface area contributed by atoms with E-state index in [2.05, 4.69) is 56.3 Å². The van der Waals surface area contributed by atoms with E-state index in [1.54, 1.807) is 23.5 Å². The van der Waals surface area contributed by atoms with Gasteiger partial charge < -0.3 is 0 Å². The molecule has 0 aliphatic rings. The third kappa shape index (κ3) is 6.35. The first-order valence-electron chi connectivity index (χ1n) is 9.92. The fourth-order valence-corrected chi connectivity index (χ4v) is 4.65. The Hall–Kier alpha value is -2.29. The first-order chi connectivity index (χ1) is 14.2. The van der Waals surface area contributed by atoms with Crippen molar-refractivity contribution in [3.8, 4) is 6.07 Å². The Bertz CT molecular complexity index is 964. The number of rotatable bonds is 9. The molecule has 0 fully saturated rings. The zero-order valence-electron chi connectivity index (χ0n) is 16.9. The molecule has 1 heterocycles. The number of hydrogen-bond acceptors (Lipinski definition) is 5. The monoisotopic (exact) mass is 419 g/mol. The maximum absolute atomic E-state index is 9.83. The summed E-state index contributed by atoms with van der Waals surface area (Å²) in [5, 5.41) is 11.3. The van der Waals surface area contributed by atoms with Crippen LogP contribution in [0.1, 0.15) is 48.6 Å². The van der Waals surface area contributed by atoms with E-state index in [4.69, 9.17) is 9.97 Å². The molecular weight excluding hydrogens is 394 g/mol. The molecule has 5 heteroatoms. The summed E-state index contributed by atoms with van der Waals surface area (Å²) in [5.74, 6) is 0.815. The number of nitrogens with zero attached hydrogens (tertiary/aromatic N) is 3. The normalized spacial score (nSPS) is 10.7. The Morgan fingerprint density at radius 1 is 0.966 bits per heavy atom. The van der Waals surface area contributed by atoms with Crippen molar-refractivity contribution in [1.29, 1.82) is 5.26 Å². The van der Waals surface area contributed by atoms with Crippen molar-refractivity contribution < 1.29 is 0 Å². The van der Waals surface area contributed by atoms with Crippen molar-refractivity contribution in [2.45, 2.75) is 60.4 Å². The number of aromatic nitrogens is 2. The van der Waals surface area contributed by atoms with Gasteiger partial charge in [0.15, 0.2) is 5.16 Å². The average molecular weight is 420 g/mol. The minimum absolute atomic E-state index is 0.621. The van der Waals surface area contributed by atoms with E-state index in [-0.39, 0.29) is 0 Å².